The molecule has 1 aliphatic carbocycles. The van der Waals surface area contributed by atoms with Gasteiger partial charge in [-0.2, -0.15) is 0 Å². The lowest BCUT2D eigenvalue weighted by Crippen LogP contribution is -2.34. The van der Waals surface area contributed by atoms with Crippen LogP contribution in [0.1, 0.15) is 24.0 Å². The maximum absolute atomic E-state index is 2.44. The van der Waals surface area contributed by atoms with Crippen molar-refractivity contribution in [2.75, 3.05) is 14.1 Å². The Morgan fingerprint density at radius 1 is 1.22 bits per heavy atom. The van der Waals surface area contributed by atoms with Crippen LogP contribution in [0, 0.1) is 13.8 Å². The summed E-state index contributed by atoms with van der Waals surface area (Å²) < 4.78 is 2.44. The Labute approximate surface area is 109 Å². The normalized spacial score (nSPS) is 17.6. The van der Waals surface area contributed by atoms with E-state index in [-0.39, 0.29) is 0 Å². The summed E-state index contributed by atoms with van der Waals surface area (Å²) in [5.41, 5.74) is 4.52. The van der Waals surface area contributed by atoms with Crippen molar-refractivity contribution in [1.29, 1.82) is 0 Å². The number of rotatable bonds is 3. The van der Waals surface area contributed by atoms with E-state index in [1.54, 1.807) is 0 Å². The number of hydrogen-bond donors (Lipinski definition) is 0. The van der Waals surface area contributed by atoms with Crippen molar-refractivity contribution in [3.63, 3.8) is 0 Å². The highest BCUT2D eigenvalue weighted by Crippen LogP contribution is 2.42. The fourth-order valence-corrected chi connectivity index (χ4v) is 2.93. The first kappa shape index (κ1) is 11.8. The van der Waals surface area contributed by atoms with Gasteiger partial charge in [-0.3, -0.25) is 0 Å². The van der Waals surface area contributed by atoms with Gasteiger partial charge in [-0.05, 0) is 58.5 Å². The number of hydrogen-bond acceptors (Lipinski definition) is 1. The number of aromatic nitrogens is 1. The SMILES string of the molecule is Cc1ccc2c(c1)c(C)cn2CC1(N(C)C)CC1. The highest BCUT2D eigenvalue weighted by atomic mass is 15.2. The Balaban J connectivity index is 2.03. The van der Waals surface area contributed by atoms with Crippen LogP contribution in [0.25, 0.3) is 10.9 Å². The molecule has 96 valence electrons. The molecular weight excluding hydrogens is 220 g/mol. The lowest BCUT2D eigenvalue weighted by atomic mass is 10.1. The van der Waals surface area contributed by atoms with Crippen molar-refractivity contribution < 1.29 is 0 Å². The van der Waals surface area contributed by atoms with E-state index < -0.39 is 0 Å². The zero-order valence-electron chi connectivity index (χ0n) is 11.8. The van der Waals surface area contributed by atoms with Gasteiger partial charge in [-0.1, -0.05) is 11.6 Å². The van der Waals surface area contributed by atoms with E-state index in [4.69, 9.17) is 0 Å². The molecule has 1 fully saturated rings. The Morgan fingerprint density at radius 3 is 2.56 bits per heavy atom. The van der Waals surface area contributed by atoms with E-state index in [0.717, 1.165) is 6.54 Å². The summed E-state index contributed by atoms with van der Waals surface area (Å²) in [6.07, 6.45) is 4.96. The van der Waals surface area contributed by atoms with Crippen molar-refractivity contribution in [2.45, 2.75) is 38.8 Å². The molecule has 0 radical (unpaired) electrons. The zero-order valence-corrected chi connectivity index (χ0v) is 11.8. The first-order valence-electron chi connectivity index (χ1n) is 6.75. The van der Waals surface area contributed by atoms with Crippen LogP contribution in [0.4, 0.5) is 0 Å². The van der Waals surface area contributed by atoms with Gasteiger partial charge in [-0.15, -0.1) is 0 Å². The van der Waals surface area contributed by atoms with Gasteiger partial charge < -0.3 is 9.47 Å². The smallest absolute Gasteiger partial charge is 0.0483 e. The van der Waals surface area contributed by atoms with Gasteiger partial charge >= 0.3 is 0 Å². The summed E-state index contributed by atoms with van der Waals surface area (Å²) in [5.74, 6) is 0. The van der Waals surface area contributed by atoms with Crippen LogP contribution in [0.2, 0.25) is 0 Å². The highest BCUT2D eigenvalue weighted by Gasteiger charge is 2.45. The molecule has 0 unspecified atom stereocenters. The van der Waals surface area contributed by atoms with Gasteiger partial charge in [0.15, 0.2) is 0 Å². The molecule has 0 bridgehead atoms. The molecule has 0 saturated heterocycles. The Bertz CT molecular complexity index is 588. The van der Waals surface area contributed by atoms with Crippen LogP contribution >= 0.6 is 0 Å². The molecule has 1 heterocycles. The molecule has 1 aromatic heterocycles. The molecule has 0 aliphatic heterocycles. The maximum Gasteiger partial charge on any atom is 0.0483 e. The molecule has 1 saturated carbocycles. The molecule has 18 heavy (non-hydrogen) atoms. The van der Waals surface area contributed by atoms with E-state index in [1.807, 2.05) is 0 Å². The molecule has 1 aromatic carbocycles. The van der Waals surface area contributed by atoms with Gasteiger partial charge in [-0.25, -0.2) is 0 Å². The second-order valence-corrected chi connectivity index (χ2v) is 6.08. The summed E-state index contributed by atoms with van der Waals surface area (Å²) in [6.45, 7) is 5.50. The zero-order chi connectivity index (χ0) is 12.9. The van der Waals surface area contributed by atoms with Crippen LogP contribution in [0.5, 0.6) is 0 Å². The van der Waals surface area contributed by atoms with Gasteiger partial charge in [0.2, 0.25) is 0 Å². The topological polar surface area (TPSA) is 8.17 Å². The molecule has 0 N–H and O–H groups in total. The Morgan fingerprint density at radius 2 is 1.94 bits per heavy atom. The molecule has 2 heteroatoms. The molecule has 3 rings (SSSR count). The number of fused-ring (bicyclic) bond motifs is 1. The van der Waals surface area contributed by atoms with E-state index in [0.29, 0.717) is 5.54 Å². The summed E-state index contributed by atoms with van der Waals surface area (Å²) >= 11 is 0. The third kappa shape index (κ3) is 1.76. The lowest BCUT2D eigenvalue weighted by molar-refractivity contribution is 0.244. The molecule has 0 atom stereocenters. The summed E-state index contributed by atoms with van der Waals surface area (Å²) in [5, 5.41) is 1.41. The van der Waals surface area contributed by atoms with Crippen LogP contribution in [-0.4, -0.2) is 29.1 Å². The minimum atomic E-state index is 0.406. The average molecular weight is 242 g/mol. The first-order chi connectivity index (χ1) is 8.52. The molecular formula is C16H22N2. The van der Waals surface area contributed by atoms with Crippen molar-refractivity contribution in [3.8, 4) is 0 Å². The summed E-state index contributed by atoms with van der Waals surface area (Å²) in [4.78, 5) is 2.39. The van der Waals surface area contributed by atoms with Crippen LogP contribution in [0.15, 0.2) is 24.4 Å². The minimum absolute atomic E-state index is 0.406. The van der Waals surface area contributed by atoms with Crippen LogP contribution in [-0.2, 0) is 6.54 Å². The quantitative estimate of drug-likeness (QED) is 0.801. The second kappa shape index (κ2) is 3.86. The monoisotopic (exact) mass is 242 g/mol. The van der Waals surface area contributed by atoms with Crippen molar-refractivity contribution >= 4 is 10.9 Å². The minimum Gasteiger partial charge on any atom is -0.345 e. The van der Waals surface area contributed by atoms with E-state index in [1.165, 1.54) is 34.9 Å². The van der Waals surface area contributed by atoms with Crippen LogP contribution < -0.4 is 0 Å². The van der Waals surface area contributed by atoms with Crippen LogP contribution in [0.3, 0.4) is 0 Å². The fourth-order valence-electron chi connectivity index (χ4n) is 2.93. The third-order valence-electron chi connectivity index (χ3n) is 4.48. The molecule has 1 aliphatic rings. The summed E-state index contributed by atoms with van der Waals surface area (Å²) in [7, 11) is 4.41. The van der Waals surface area contributed by atoms with E-state index in [9.17, 15) is 0 Å². The Hall–Kier alpha value is -1.28. The van der Waals surface area contributed by atoms with Gasteiger partial charge in [0, 0.05) is 29.2 Å². The second-order valence-electron chi connectivity index (χ2n) is 6.08. The molecule has 2 nitrogen and oxygen atoms in total. The number of aryl methyl sites for hydroxylation is 2. The average Bonchev–Trinajstić information content (AvgIpc) is 3.03. The first-order valence-corrected chi connectivity index (χ1v) is 6.75. The van der Waals surface area contributed by atoms with Gasteiger partial charge in [0.1, 0.15) is 0 Å². The van der Waals surface area contributed by atoms with Gasteiger partial charge in [0.25, 0.3) is 0 Å². The number of nitrogens with zero attached hydrogens (tertiary/aromatic N) is 2. The highest BCUT2D eigenvalue weighted by molar-refractivity contribution is 5.84. The van der Waals surface area contributed by atoms with Gasteiger partial charge in [0.05, 0.1) is 0 Å². The molecule has 0 spiro atoms. The lowest BCUT2D eigenvalue weighted by Gasteiger charge is -2.24. The van der Waals surface area contributed by atoms with Crippen molar-refractivity contribution in [1.82, 2.24) is 9.47 Å². The summed E-state index contributed by atoms with van der Waals surface area (Å²) in [6, 6.07) is 6.79. The maximum atomic E-state index is 2.44. The predicted octanol–water partition coefficient (Wildman–Crippen LogP) is 3.35. The van der Waals surface area contributed by atoms with Crippen molar-refractivity contribution in [2.24, 2.45) is 0 Å². The standard InChI is InChI=1S/C16H22N2/c1-12-5-6-15-14(9-12)13(2)10-18(15)11-16(7-8-16)17(3)4/h5-6,9-10H,7-8,11H2,1-4H3. The largest absolute Gasteiger partial charge is 0.345 e. The van der Waals surface area contributed by atoms with E-state index in [2.05, 4.69) is 61.8 Å². The van der Waals surface area contributed by atoms with Crippen molar-refractivity contribution in [3.05, 3.63) is 35.5 Å². The Kier molecular flexibility index (Phi) is 2.53. The molecule has 0 amide bonds. The number of benzene rings is 1. The molecule has 2 aromatic rings. The number of likely N-dealkylation sites (N-methyl/N-ethyl adjacent to an activating group) is 1. The van der Waals surface area contributed by atoms with E-state index >= 15 is 0 Å². The fraction of sp³-hybridized carbons (Fsp3) is 0.500. The third-order valence-corrected chi connectivity index (χ3v) is 4.48. The predicted molar refractivity (Wildman–Crippen MR) is 77.1 cm³/mol.